The molecule has 0 radical (unpaired) electrons. The van der Waals surface area contributed by atoms with Gasteiger partial charge in [0.25, 0.3) is 0 Å². The number of anilines is 3. The molecular formula is C84H99N3O3. The minimum absolute atomic E-state index is 0.783. The molecule has 6 nitrogen and oxygen atoms in total. The summed E-state index contributed by atoms with van der Waals surface area (Å²) in [7, 11) is 1.74. The van der Waals surface area contributed by atoms with Gasteiger partial charge in [-0.25, -0.2) is 0 Å². The second kappa shape index (κ2) is 40.9. The molecule has 0 aliphatic carbocycles. The summed E-state index contributed by atoms with van der Waals surface area (Å²) in [5, 5.41) is 10.5. The van der Waals surface area contributed by atoms with Gasteiger partial charge in [-0.05, 0) is 174 Å². The number of hydrogen-bond acceptors (Lipinski definition) is 6. The van der Waals surface area contributed by atoms with Crippen molar-refractivity contribution in [3.8, 4) is 0 Å². The zero-order valence-corrected chi connectivity index (χ0v) is 54.7. The molecule has 3 N–H and O–H groups in total. The molecule has 468 valence electrons. The maximum absolute atomic E-state index is 5.56. The standard InChI is InChI=1S/C29H35NO.C28H33NO.C27H31NO/c1-3-21-31-22-11-20-30-28-18-16-27(17-19-28)29(26-14-9-6-10-15-26)25(4-2)23-24-12-7-5-8-13-24;1-3-24(22-23-12-7-5-8-13-23)28(25-14-9-6-10-15-25)26-16-18-27(19-17-26)29-20-11-21-30-4-2;1-3-23(21-22-11-6-4-7-12-22)27(24-13-8-5-9-14-24)25-15-17-26(18-16-25)28-19-10-20-29-2/h5-10,12-19,30H,3-4,11,20-23H2,1-2H3;5-10,12-19,29H,3-4,11,20-22H2,1-2H3;4-9,11-18,28H,3,10,19-21H2,1-2H3. The second-order valence-electron chi connectivity index (χ2n) is 22.5. The van der Waals surface area contributed by atoms with Gasteiger partial charge >= 0.3 is 0 Å². The largest absolute Gasteiger partial charge is 0.385 e. The number of allylic oxidation sites excluding steroid dienone is 3. The molecule has 0 fully saturated rings. The van der Waals surface area contributed by atoms with Crippen LogP contribution in [0.2, 0.25) is 0 Å². The van der Waals surface area contributed by atoms with Crippen LogP contribution in [-0.2, 0) is 33.5 Å². The summed E-state index contributed by atoms with van der Waals surface area (Å²) < 4.78 is 16.1. The van der Waals surface area contributed by atoms with E-state index in [1.54, 1.807) is 7.11 Å². The molecule has 9 aromatic carbocycles. The van der Waals surface area contributed by atoms with Gasteiger partial charge in [0, 0.05) is 76.8 Å². The van der Waals surface area contributed by atoms with Crippen LogP contribution in [0.5, 0.6) is 0 Å². The molecule has 0 bridgehead atoms. The van der Waals surface area contributed by atoms with Crippen LogP contribution in [0, 0.1) is 0 Å². The SMILES string of the molecule is CCC(Cc1ccccc1)=C(c1ccccc1)c1ccc(NCCCOC)cc1.CCCOCCCNc1ccc(C(=C(CC)Cc2ccccc2)c2ccccc2)cc1.CCOCCCNc1ccc(C(=C(CC)Cc2ccccc2)c2ccccc2)cc1. The van der Waals surface area contributed by atoms with Crippen molar-refractivity contribution < 1.29 is 14.2 Å². The third kappa shape index (κ3) is 23.5. The van der Waals surface area contributed by atoms with Crippen molar-refractivity contribution in [1.82, 2.24) is 0 Å². The molecule has 0 amide bonds. The zero-order chi connectivity index (χ0) is 63.1. The molecule has 0 spiro atoms. The first kappa shape index (κ1) is 69.0. The van der Waals surface area contributed by atoms with Gasteiger partial charge in [0.1, 0.15) is 0 Å². The molecule has 0 atom stereocenters. The van der Waals surface area contributed by atoms with E-state index in [-0.39, 0.29) is 0 Å². The zero-order valence-electron chi connectivity index (χ0n) is 54.7. The summed E-state index contributed by atoms with van der Waals surface area (Å²) in [6, 6.07) is 91.2. The van der Waals surface area contributed by atoms with Crippen LogP contribution in [0.1, 0.15) is 130 Å². The fourth-order valence-electron chi connectivity index (χ4n) is 11.2. The lowest BCUT2D eigenvalue weighted by Gasteiger charge is -2.17. The summed E-state index contributed by atoms with van der Waals surface area (Å²) in [6.07, 6.45) is 10.1. The fraction of sp³-hybridized carbons (Fsp3) is 0.286. The van der Waals surface area contributed by atoms with E-state index in [1.165, 1.54) is 83.5 Å². The van der Waals surface area contributed by atoms with Crippen molar-refractivity contribution in [3.63, 3.8) is 0 Å². The first-order chi connectivity index (χ1) is 44.4. The van der Waals surface area contributed by atoms with Gasteiger partial charge in [0.15, 0.2) is 0 Å². The molecule has 0 aliphatic rings. The molecule has 0 saturated carbocycles. The van der Waals surface area contributed by atoms with Gasteiger partial charge in [-0.2, -0.15) is 0 Å². The quantitative estimate of drug-likeness (QED) is 0.0356. The van der Waals surface area contributed by atoms with Crippen LogP contribution >= 0.6 is 0 Å². The molecule has 0 unspecified atom stereocenters. The van der Waals surface area contributed by atoms with Crippen LogP contribution in [0.4, 0.5) is 17.1 Å². The number of rotatable bonds is 33. The molecule has 0 heterocycles. The molecule has 0 aliphatic heterocycles. The normalized spacial score (nSPS) is 11.8. The van der Waals surface area contributed by atoms with Crippen LogP contribution in [-0.4, -0.2) is 59.8 Å². The lowest BCUT2D eigenvalue weighted by atomic mass is 9.88. The van der Waals surface area contributed by atoms with E-state index in [1.807, 2.05) is 6.92 Å². The maximum atomic E-state index is 5.56. The molecule has 9 aromatic rings. The van der Waals surface area contributed by atoms with Crippen LogP contribution in [0.15, 0.2) is 272 Å². The fourth-order valence-corrected chi connectivity index (χ4v) is 11.2. The molecule has 0 saturated heterocycles. The van der Waals surface area contributed by atoms with Crippen molar-refractivity contribution in [3.05, 3.63) is 322 Å². The Morgan fingerprint density at radius 3 is 0.822 bits per heavy atom. The van der Waals surface area contributed by atoms with Crippen molar-refractivity contribution in [2.45, 2.75) is 98.8 Å². The van der Waals surface area contributed by atoms with Gasteiger partial charge in [0.05, 0.1) is 0 Å². The third-order valence-corrected chi connectivity index (χ3v) is 15.8. The Hall–Kier alpha value is -8.52. The monoisotopic (exact) mass is 1200 g/mol. The van der Waals surface area contributed by atoms with E-state index < -0.39 is 0 Å². The Kier molecular flexibility index (Phi) is 31.3. The van der Waals surface area contributed by atoms with Gasteiger partial charge in [0.2, 0.25) is 0 Å². The number of ether oxygens (including phenoxy) is 3. The van der Waals surface area contributed by atoms with Gasteiger partial charge in [-0.3, -0.25) is 0 Å². The number of hydrogen-bond donors (Lipinski definition) is 3. The molecule has 0 aromatic heterocycles. The van der Waals surface area contributed by atoms with Gasteiger partial charge in [-0.1, -0.05) is 263 Å². The van der Waals surface area contributed by atoms with Crippen molar-refractivity contribution in [2.75, 3.05) is 75.7 Å². The predicted molar refractivity (Wildman–Crippen MR) is 387 cm³/mol. The van der Waals surface area contributed by atoms with E-state index in [0.717, 1.165) is 134 Å². The molecule has 90 heavy (non-hydrogen) atoms. The third-order valence-electron chi connectivity index (χ3n) is 15.8. The van der Waals surface area contributed by atoms with Crippen LogP contribution in [0.25, 0.3) is 16.7 Å². The summed E-state index contributed by atoms with van der Waals surface area (Å²) >= 11 is 0. The Morgan fingerprint density at radius 2 is 0.556 bits per heavy atom. The summed E-state index contributed by atoms with van der Waals surface area (Å²) in [5.74, 6) is 0. The Labute approximate surface area is 541 Å². The maximum Gasteiger partial charge on any atom is 0.0482 e. The Balaban J connectivity index is 0.000000192. The van der Waals surface area contributed by atoms with E-state index in [2.05, 4.69) is 298 Å². The molecule has 6 heteroatoms. The van der Waals surface area contributed by atoms with E-state index in [4.69, 9.17) is 14.2 Å². The van der Waals surface area contributed by atoms with E-state index in [9.17, 15) is 0 Å². The first-order valence-electron chi connectivity index (χ1n) is 33.1. The summed E-state index contributed by atoms with van der Waals surface area (Å²) in [6.45, 7) is 17.8. The topological polar surface area (TPSA) is 63.8 Å². The Morgan fingerprint density at radius 1 is 0.289 bits per heavy atom. The summed E-state index contributed by atoms with van der Waals surface area (Å²) in [5.41, 5.74) is 23.6. The van der Waals surface area contributed by atoms with Gasteiger partial charge in [-0.15, -0.1) is 0 Å². The van der Waals surface area contributed by atoms with Crippen molar-refractivity contribution in [2.24, 2.45) is 0 Å². The lowest BCUT2D eigenvalue weighted by Crippen LogP contribution is -2.06. The first-order valence-corrected chi connectivity index (χ1v) is 33.1. The number of methoxy groups -OCH3 is 1. The van der Waals surface area contributed by atoms with Crippen molar-refractivity contribution in [1.29, 1.82) is 0 Å². The second-order valence-corrected chi connectivity index (χ2v) is 22.5. The minimum Gasteiger partial charge on any atom is -0.385 e. The van der Waals surface area contributed by atoms with Crippen LogP contribution < -0.4 is 16.0 Å². The lowest BCUT2D eigenvalue weighted by molar-refractivity contribution is 0.134. The minimum atomic E-state index is 0.783. The smallest absolute Gasteiger partial charge is 0.0482 e. The molecule has 9 rings (SSSR count). The van der Waals surface area contributed by atoms with E-state index in [0.29, 0.717) is 0 Å². The number of nitrogens with one attached hydrogen (secondary N) is 3. The Bertz CT molecular complexity index is 3440. The average molecular weight is 1200 g/mol. The van der Waals surface area contributed by atoms with E-state index >= 15 is 0 Å². The molecular weight excluding hydrogens is 1100 g/mol. The van der Waals surface area contributed by atoms with Gasteiger partial charge < -0.3 is 30.2 Å². The predicted octanol–water partition coefficient (Wildman–Crippen LogP) is 20.9. The highest BCUT2D eigenvalue weighted by Gasteiger charge is 2.15. The van der Waals surface area contributed by atoms with Crippen LogP contribution in [0.3, 0.4) is 0 Å². The summed E-state index contributed by atoms with van der Waals surface area (Å²) in [4.78, 5) is 0. The highest BCUT2D eigenvalue weighted by Crippen LogP contribution is 2.35. The number of benzene rings is 9. The average Bonchev–Trinajstić information content (AvgIpc) is 1.54. The highest BCUT2D eigenvalue weighted by atomic mass is 16.5. The highest BCUT2D eigenvalue weighted by molar-refractivity contribution is 5.85. The van der Waals surface area contributed by atoms with Crippen molar-refractivity contribution >= 4 is 33.8 Å².